The Labute approximate surface area is 183 Å². The second-order valence-corrected chi connectivity index (χ2v) is 11.5. The summed E-state index contributed by atoms with van der Waals surface area (Å²) in [7, 11) is -3.23. The summed E-state index contributed by atoms with van der Waals surface area (Å²) in [5, 5.41) is 0.205. The Kier molecular flexibility index (Phi) is 6.27. The molecule has 0 spiro atoms. The van der Waals surface area contributed by atoms with Crippen LogP contribution in [0.4, 0.5) is 5.69 Å². The number of piperidine rings is 1. The highest BCUT2D eigenvalue weighted by Crippen LogP contribution is 2.44. The number of hydrogen-bond donors (Lipinski definition) is 1. The van der Waals surface area contributed by atoms with E-state index in [0.717, 1.165) is 45.4 Å². The SMILES string of the molecule is CS(=O)(=O)C1=CC2C(C=C1)Sc1ccccc1N2CCCN1CCC(C(N)=O)CC1. The van der Waals surface area contributed by atoms with Gasteiger partial charge in [0.1, 0.15) is 0 Å². The molecule has 1 fully saturated rings. The Bertz CT molecular complexity index is 966. The van der Waals surface area contributed by atoms with Crippen molar-refractivity contribution in [2.24, 2.45) is 11.7 Å². The monoisotopic (exact) mass is 447 g/mol. The number of fused-ring (bicyclic) bond motifs is 2. The molecule has 1 aromatic carbocycles. The average Bonchev–Trinajstić information content (AvgIpc) is 2.72. The number of carbonyl (C=O) groups excluding carboxylic acids is 1. The van der Waals surface area contributed by atoms with Crippen molar-refractivity contribution in [1.29, 1.82) is 0 Å². The smallest absolute Gasteiger partial charge is 0.220 e. The van der Waals surface area contributed by atoms with Gasteiger partial charge < -0.3 is 15.5 Å². The topological polar surface area (TPSA) is 83.7 Å². The minimum atomic E-state index is -3.23. The summed E-state index contributed by atoms with van der Waals surface area (Å²) in [6, 6.07) is 8.39. The highest BCUT2D eigenvalue weighted by Gasteiger charge is 2.35. The zero-order valence-electron chi connectivity index (χ0n) is 17.2. The maximum atomic E-state index is 12.1. The third-order valence-corrected chi connectivity index (χ3v) is 8.65. The number of primary amides is 1. The van der Waals surface area contributed by atoms with Crippen LogP contribution in [-0.2, 0) is 14.6 Å². The summed E-state index contributed by atoms with van der Waals surface area (Å²) in [5.74, 6) is -0.163. The number of benzene rings is 1. The van der Waals surface area contributed by atoms with E-state index in [0.29, 0.717) is 4.91 Å². The van der Waals surface area contributed by atoms with Crippen LogP contribution in [-0.4, -0.2) is 63.0 Å². The van der Waals surface area contributed by atoms with Crippen molar-refractivity contribution in [2.45, 2.75) is 35.4 Å². The molecule has 162 valence electrons. The number of hydrogen-bond acceptors (Lipinski definition) is 6. The van der Waals surface area contributed by atoms with Crippen molar-refractivity contribution in [3.05, 3.63) is 47.4 Å². The van der Waals surface area contributed by atoms with Crippen LogP contribution >= 0.6 is 11.8 Å². The van der Waals surface area contributed by atoms with Crippen LogP contribution in [0.2, 0.25) is 0 Å². The van der Waals surface area contributed by atoms with Crippen molar-refractivity contribution < 1.29 is 13.2 Å². The second kappa shape index (κ2) is 8.77. The number of nitrogens with zero attached hydrogens (tertiary/aromatic N) is 2. The molecule has 0 bridgehead atoms. The minimum Gasteiger partial charge on any atom is -0.369 e. The van der Waals surface area contributed by atoms with Gasteiger partial charge in [-0.3, -0.25) is 4.79 Å². The molecule has 1 amide bonds. The van der Waals surface area contributed by atoms with E-state index in [2.05, 4.69) is 28.0 Å². The predicted octanol–water partition coefficient (Wildman–Crippen LogP) is 2.42. The molecule has 2 aliphatic heterocycles. The van der Waals surface area contributed by atoms with Crippen molar-refractivity contribution in [3.63, 3.8) is 0 Å². The number of thioether (sulfide) groups is 1. The summed E-state index contributed by atoms with van der Waals surface area (Å²) >= 11 is 1.80. The van der Waals surface area contributed by atoms with E-state index in [9.17, 15) is 13.2 Å². The number of para-hydroxylation sites is 1. The van der Waals surface area contributed by atoms with Crippen LogP contribution in [0.1, 0.15) is 19.3 Å². The van der Waals surface area contributed by atoms with E-state index in [-0.39, 0.29) is 23.1 Å². The lowest BCUT2D eigenvalue weighted by atomic mass is 9.96. The summed E-state index contributed by atoms with van der Waals surface area (Å²) < 4.78 is 24.2. The Hall–Kier alpha value is -1.77. The van der Waals surface area contributed by atoms with Crippen LogP contribution in [0, 0.1) is 5.92 Å². The fraction of sp³-hybridized carbons (Fsp3) is 0.500. The molecule has 3 aliphatic rings. The first-order valence-corrected chi connectivity index (χ1v) is 13.2. The Morgan fingerprint density at radius 1 is 1.20 bits per heavy atom. The lowest BCUT2D eigenvalue weighted by molar-refractivity contribution is -0.123. The van der Waals surface area contributed by atoms with Crippen molar-refractivity contribution in [2.75, 3.05) is 37.3 Å². The van der Waals surface area contributed by atoms with E-state index in [1.165, 1.54) is 16.8 Å². The van der Waals surface area contributed by atoms with E-state index in [1.54, 1.807) is 17.8 Å². The molecule has 2 heterocycles. The predicted molar refractivity (Wildman–Crippen MR) is 122 cm³/mol. The summed E-state index contributed by atoms with van der Waals surface area (Å²) in [6.07, 6.45) is 9.63. The first kappa shape index (κ1) is 21.5. The zero-order valence-corrected chi connectivity index (χ0v) is 18.9. The Morgan fingerprint density at radius 3 is 2.63 bits per heavy atom. The number of allylic oxidation sites excluding steroid dienone is 1. The van der Waals surface area contributed by atoms with Crippen LogP contribution in [0.5, 0.6) is 0 Å². The molecule has 0 saturated carbocycles. The zero-order chi connectivity index (χ0) is 21.3. The summed E-state index contributed by atoms with van der Waals surface area (Å²) in [4.78, 5) is 17.8. The van der Waals surface area contributed by atoms with Gasteiger partial charge >= 0.3 is 0 Å². The lowest BCUT2D eigenvalue weighted by Crippen LogP contribution is -2.46. The molecule has 1 aromatic rings. The molecule has 1 aliphatic carbocycles. The van der Waals surface area contributed by atoms with E-state index < -0.39 is 9.84 Å². The fourth-order valence-electron chi connectivity index (χ4n) is 4.52. The number of nitrogens with two attached hydrogens (primary N) is 1. The molecule has 2 unspecified atom stereocenters. The number of amides is 1. The molecule has 0 aromatic heterocycles. The van der Waals surface area contributed by atoms with E-state index >= 15 is 0 Å². The number of sulfone groups is 1. The van der Waals surface area contributed by atoms with Gasteiger partial charge in [0.2, 0.25) is 5.91 Å². The van der Waals surface area contributed by atoms with Gasteiger partial charge in [0.25, 0.3) is 0 Å². The Balaban J connectivity index is 1.46. The Morgan fingerprint density at radius 2 is 1.93 bits per heavy atom. The second-order valence-electron chi connectivity index (χ2n) is 8.31. The molecule has 0 radical (unpaired) electrons. The molecule has 4 rings (SSSR count). The van der Waals surface area contributed by atoms with Gasteiger partial charge in [-0.05, 0) is 63.2 Å². The molecule has 6 nitrogen and oxygen atoms in total. The third-order valence-electron chi connectivity index (χ3n) is 6.21. The van der Waals surface area contributed by atoms with E-state index in [4.69, 9.17) is 5.73 Å². The maximum Gasteiger partial charge on any atom is 0.220 e. The summed E-state index contributed by atoms with van der Waals surface area (Å²) in [6.45, 7) is 3.64. The lowest BCUT2D eigenvalue weighted by Gasteiger charge is -2.43. The van der Waals surface area contributed by atoms with Crippen molar-refractivity contribution >= 4 is 33.2 Å². The van der Waals surface area contributed by atoms with Crippen LogP contribution in [0.25, 0.3) is 0 Å². The maximum absolute atomic E-state index is 12.1. The molecule has 1 saturated heterocycles. The van der Waals surface area contributed by atoms with Crippen LogP contribution < -0.4 is 10.6 Å². The number of carbonyl (C=O) groups is 1. The highest BCUT2D eigenvalue weighted by atomic mass is 32.2. The van der Waals surface area contributed by atoms with E-state index in [1.807, 2.05) is 18.2 Å². The van der Waals surface area contributed by atoms with Crippen molar-refractivity contribution in [1.82, 2.24) is 4.90 Å². The minimum absolute atomic E-state index is 0.0154. The van der Waals surface area contributed by atoms with Gasteiger partial charge in [-0.15, -0.1) is 11.8 Å². The average molecular weight is 448 g/mol. The number of anilines is 1. The van der Waals surface area contributed by atoms with Gasteiger partial charge in [-0.1, -0.05) is 18.2 Å². The standard InChI is InChI=1S/C22H29N3O3S2/c1-30(27,28)17-7-8-21-19(15-17)25(18-5-2-3-6-20(18)29-21)12-4-11-24-13-9-16(10-14-24)22(23)26/h2-3,5-8,15-16,19,21H,4,9-14H2,1H3,(H2,23,26). The van der Waals surface area contributed by atoms with Crippen molar-refractivity contribution in [3.8, 4) is 0 Å². The van der Waals surface area contributed by atoms with Gasteiger partial charge in [-0.25, -0.2) is 8.42 Å². The van der Waals surface area contributed by atoms with Crippen LogP contribution in [0.15, 0.2) is 52.3 Å². The third kappa shape index (κ3) is 4.60. The number of rotatable bonds is 6. The van der Waals surface area contributed by atoms with Gasteiger partial charge in [0, 0.05) is 23.6 Å². The summed E-state index contributed by atoms with van der Waals surface area (Å²) in [5.41, 5.74) is 6.62. The molecular weight excluding hydrogens is 418 g/mol. The molecule has 30 heavy (non-hydrogen) atoms. The highest BCUT2D eigenvalue weighted by molar-refractivity contribution is 8.00. The largest absolute Gasteiger partial charge is 0.369 e. The van der Waals surface area contributed by atoms with Gasteiger partial charge in [-0.2, -0.15) is 0 Å². The molecule has 2 N–H and O–H groups in total. The number of likely N-dealkylation sites (tertiary alicyclic amines) is 1. The van der Waals surface area contributed by atoms with Gasteiger partial charge in [0.15, 0.2) is 9.84 Å². The van der Waals surface area contributed by atoms with Crippen LogP contribution in [0.3, 0.4) is 0 Å². The molecule has 8 heteroatoms. The fourth-order valence-corrected chi connectivity index (χ4v) is 6.51. The quantitative estimate of drug-likeness (QED) is 0.721. The first-order valence-electron chi connectivity index (χ1n) is 10.5. The van der Waals surface area contributed by atoms with Gasteiger partial charge in [0.05, 0.1) is 21.9 Å². The molecule has 2 atom stereocenters. The molecular formula is C22H29N3O3S2. The normalized spacial score (nSPS) is 24.8. The first-order chi connectivity index (χ1) is 14.3.